The van der Waals surface area contributed by atoms with Crippen molar-refractivity contribution in [2.75, 3.05) is 6.61 Å². The first-order chi connectivity index (χ1) is 13.0. The summed E-state index contributed by atoms with van der Waals surface area (Å²) in [7, 11) is 0. The second kappa shape index (κ2) is 7.94. The van der Waals surface area contributed by atoms with Crippen molar-refractivity contribution in [3.8, 4) is 0 Å². The van der Waals surface area contributed by atoms with Crippen molar-refractivity contribution in [1.29, 1.82) is 0 Å². The molecule has 6 nitrogen and oxygen atoms in total. The molecule has 0 unspecified atom stereocenters. The summed E-state index contributed by atoms with van der Waals surface area (Å²) < 4.78 is 2.76. The number of amides is 2. The van der Waals surface area contributed by atoms with Crippen LogP contribution in [-0.2, 0) is 25.5 Å². The second-order valence-electron chi connectivity index (χ2n) is 7.19. The number of β-lactam (4-membered cyclic amide) rings is 1. The summed E-state index contributed by atoms with van der Waals surface area (Å²) in [5, 5.41) is 2.43. The van der Waals surface area contributed by atoms with Crippen LogP contribution in [0.3, 0.4) is 0 Å². The fraction of sp³-hybridized carbons (Fsp3) is 0.500. The third kappa shape index (κ3) is 4.53. The van der Waals surface area contributed by atoms with Gasteiger partial charge in [0.2, 0.25) is 15.6 Å². The molecule has 2 saturated heterocycles. The number of fused-ring (bicyclic) bond motifs is 1. The van der Waals surface area contributed by atoms with E-state index in [-0.39, 0.29) is 23.6 Å². The van der Waals surface area contributed by atoms with Gasteiger partial charge >= 0.3 is 5.97 Å². The molecular weight excluding hydrogens is 447 g/mol. The first-order valence-electron chi connectivity index (χ1n) is 8.56. The molecule has 2 amide bonds. The highest BCUT2D eigenvalue weighted by molar-refractivity contribution is 8.01. The van der Waals surface area contributed by atoms with Crippen molar-refractivity contribution in [3.63, 3.8) is 0 Å². The van der Waals surface area contributed by atoms with Crippen LogP contribution in [0.15, 0.2) is 30.3 Å². The van der Waals surface area contributed by atoms with E-state index in [1.165, 1.54) is 16.7 Å². The molecule has 10 heteroatoms. The van der Waals surface area contributed by atoms with E-state index in [2.05, 4.69) is 5.32 Å². The molecule has 2 heterocycles. The van der Waals surface area contributed by atoms with Crippen LogP contribution >= 0.6 is 46.6 Å². The molecule has 3 atom stereocenters. The molecule has 0 spiro atoms. The predicted molar refractivity (Wildman–Crippen MR) is 109 cm³/mol. The largest absolute Gasteiger partial charge is 0.460 e. The van der Waals surface area contributed by atoms with Gasteiger partial charge in [-0.15, -0.1) is 11.8 Å². The lowest BCUT2D eigenvalue weighted by atomic mass is 9.96. The number of benzene rings is 1. The van der Waals surface area contributed by atoms with E-state index in [1.54, 1.807) is 0 Å². The van der Waals surface area contributed by atoms with E-state index >= 15 is 0 Å². The van der Waals surface area contributed by atoms with Crippen LogP contribution in [0.5, 0.6) is 0 Å². The van der Waals surface area contributed by atoms with Crippen LogP contribution in [-0.4, -0.2) is 55.3 Å². The van der Waals surface area contributed by atoms with Gasteiger partial charge in [-0.25, -0.2) is 4.79 Å². The molecule has 0 aliphatic carbocycles. The van der Waals surface area contributed by atoms with Gasteiger partial charge in [0.25, 0.3) is 0 Å². The molecule has 152 valence electrons. The number of carbonyl (C=O) groups excluding carboxylic acids is 3. The zero-order chi connectivity index (χ0) is 20.7. The van der Waals surface area contributed by atoms with Crippen molar-refractivity contribution in [1.82, 2.24) is 10.2 Å². The van der Waals surface area contributed by atoms with Gasteiger partial charge in [0, 0.05) is 4.75 Å². The third-order valence-electron chi connectivity index (χ3n) is 4.57. The van der Waals surface area contributed by atoms with Crippen molar-refractivity contribution in [2.45, 2.75) is 46.3 Å². The summed E-state index contributed by atoms with van der Waals surface area (Å²) in [4.78, 5) is 38.9. The van der Waals surface area contributed by atoms with E-state index in [0.717, 1.165) is 5.56 Å². The number of hydrogen-bond acceptors (Lipinski definition) is 5. The zero-order valence-corrected chi connectivity index (χ0v) is 18.2. The lowest BCUT2D eigenvalue weighted by molar-refractivity contribution is -0.164. The quantitative estimate of drug-likeness (QED) is 0.411. The van der Waals surface area contributed by atoms with E-state index in [1.807, 2.05) is 44.2 Å². The molecule has 0 saturated carbocycles. The number of nitrogens with one attached hydrogen (secondary N) is 1. The molecule has 28 heavy (non-hydrogen) atoms. The van der Waals surface area contributed by atoms with Gasteiger partial charge in [-0.3, -0.25) is 9.59 Å². The maximum absolute atomic E-state index is 12.6. The van der Waals surface area contributed by atoms with Crippen molar-refractivity contribution in [2.24, 2.45) is 0 Å². The van der Waals surface area contributed by atoms with Crippen LogP contribution in [0.2, 0.25) is 0 Å². The topological polar surface area (TPSA) is 75.7 Å². The Morgan fingerprint density at radius 2 is 1.89 bits per heavy atom. The van der Waals surface area contributed by atoms with Gasteiger partial charge in [0.15, 0.2) is 0 Å². The summed E-state index contributed by atoms with van der Waals surface area (Å²) in [6.07, 6.45) is 0.181. The van der Waals surface area contributed by atoms with Gasteiger partial charge in [0.05, 0.1) is 6.42 Å². The van der Waals surface area contributed by atoms with E-state index in [0.29, 0.717) is 0 Å². The van der Waals surface area contributed by atoms with Crippen molar-refractivity contribution in [3.05, 3.63) is 35.9 Å². The highest BCUT2D eigenvalue weighted by atomic mass is 35.6. The van der Waals surface area contributed by atoms with Crippen molar-refractivity contribution >= 4 is 64.3 Å². The molecule has 2 aliphatic heterocycles. The summed E-state index contributed by atoms with van der Waals surface area (Å²) in [6.45, 7) is 3.28. The standard InChI is InChI=1S/C18H19Cl3N2O4S/c1-17(2)13(16(26)27-9-18(19,20)21)23-14(25)12(15(23)28-17)22-11(24)8-10-6-4-3-5-7-10/h3-7,12-13,15H,8-9H2,1-2H3,(H,22,24)/t12-,13+,15-/m1/s1. The lowest BCUT2D eigenvalue weighted by Gasteiger charge is -2.44. The summed E-state index contributed by atoms with van der Waals surface area (Å²) >= 11 is 18.3. The Hall–Kier alpha value is -1.15. The van der Waals surface area contributed by atoms with Crippen molar-refractivity contribution < 1.29 is 19.1 Å². The molecule has 2 aliphatic rings. The van der Waals surface area contributed by atoms with Gasteiger partial charge < -0.3 is 15.0 Å². The van der Waals surface area contributed by atoms with E-state index < -0.39 is 33.2 Å². The zero-order valence-electron chi connectivity index (χ0n) is 15.2. The average Bonchev–Trinajstić information content (AvgIpc) is 2.86. The second-order valence-corrected chi connectivity index (χ2v) is 11.5. The van der Waals surface area contributed by atoms with Gasteiger partial charge in [-0.2, -0.15) is 0 Å². The minimum absolute atomic E-state index is 0.181. The normalized spacial score (nSPS) is 25.7. The number of rotatable bonds is 5. The number of thioether (sulfide) groups is 1. The smallest absolute Gasteiger partial charge is 0.330 e. The molecule has 0 aromatic heterocycles. The number of alkyl halides is 3. The maximum Gasteiger partial charge on any atom is 0.330 e. The van der Waals surface area contributed by atoms with Crippen LogP contribution in [0.25, 0.3) is 0 Å². The Morgan fingerprint density at radius 1 is 1.25 bits per heavy atom. The molecule has 1 aromatic carbocycles. The van der Waals surface area contributed by atoms with E-state index in [4.69, 9.17) is 39.5 Å². The van der Waals surface area contributed by atoms with Gasteiger partial charge in [0.1, 0.15) is 24.1 Å². The first-order valence-corrected chi connectivity index (χ1v) is 10.6. The first kappa shape index (κ1) is 21.6. The number of ether oxygens (including phenoxy) is 1. The predicted octanol–water partition coefficient (Wildman–Crippen LogP) is 2.69. The number of nitrogens with zero attached hydrogens (tertiary/aromatic N) is 1. The van der Waals surface area contributed by atoms with E-state index in [9.17, 15) is 14.4 Å². The summed E-state index contributed by atoms with van der Waals surface area (Å²) in [5.41, 5.74) is 0.858. The number of hydrogen-bond donors (Lipinski definition) is 1. The molecule has 2 fully saturated rings. The molecule has 0 bridgehead atoms. The molecule has 1 aromatic rings. The SMILES string of the molecule is CC1(C)S[C@@H]2[C@H](NC(=O)Cc3ccccc3)C(=O)N2[C@H]1C(=O)OCC(Cl)(Cl)Cl. The number of carbonyl (C=O) groups is 3. The maximum atomic E-state index is 12.6. The molecular formula is C18H19Cl3N2O4S. The third-order valence-corrected chi connectivity index (χ3v) is 6.47. The molecule has 3 rings (SSSR count). The molecule has 0 radical (unpaired) electrons. The van der Waals surface area contributed by atoms with Crippen LogP contribution in [0.4, 0.5) is 0 Å². The number of esters is 1. The Labute approximate surface area is 182 Å². The molecule has 1 N–H and O–H groups in total. The fourth-order valence-corrected chi connectivity index (χ4v) is 5.15. The Kier molecular flexibility index (Phi) is 6.11. The minimum atomic E-state index is -1.72. The Bertz CT molecular complexity index is 785. The van der Waals surface area contributed by atoms with Crippen LogP contribution in [0, 0.1) is 0 Å². The van der Waals surface area contributed by atoms with Gasteiger partial charge in [-0.1, -0.05) is 65.1 Å². The monoisotopic (exact) mass is 464 g/mol. The minimum Gasteiger partial charge on any atom is -0.460 e. The highest BCUT2D eigenvalue weighted by Gasteiger charge is 2.64. The Balaban J connectivity index is 1.64. The van der Waals surface area contributed by atoms with Crippen LogP contribution in [0.1, 0.15) is 19.4 Å². The summed E-state index contributed by atoms with van der Waals surface area (Å²) in [5.74, 6) is -1.20. The van der Waals surface area contributed by atoms with Gasteiger partial charge in [-0.05, 0) is 19.4 Å². The average molecular weight is 466 g/mol. The summed E-state index contributed by atoms with van der Waals surface area (Å²) in [6, 6.07) is 7.77. The highest BCUT2D eigenvalue weighted by Crippen LogP contribution is 2.51. The van der Waals surface area contributed by atoms with Crippen LogP contribution < -0.4 is 5.32 Å². The Morgan fingerprint density at radius 3 is 2.50 bits per heavy atom. The fourth-order valence-electron chi connectivity index (χ4n) is 3.36. The lowest BCUT2D eigenvalue weighted by Crippen LogP contribution is -2.70. The number of halogens is 3.